The molecule has 214 valence electrons. The van der Waals surface area contributed by atoms with Crippen molar-refractivity contribution in [3.8, 4) is 0 Å². The van der Waals surface area contributed by atoms with Crippen LogP contribution in [0.2, 0.25) is 0 Å². The van der Waals surface area contributed by atoms with Crippen LogP contribution >= 0.6 is 0 Å². The Kier molecular flexibility index (Phi) is 5.89. The summed E-state index contributed by atoms with van der Waals surface area (Å²) in [6, 6.07) is 56.8. The molecule has 1 aromatic heterocycles. The van der Waals surface area contributed by atoms with Crippen molar-refractivity contribution in [2.45, 2.75) is 11.8 Å². The van der Waals surface area contributed by atoms with E-state index >= 15 is 0 Å². The van der Waals surface area contributed by atoms with Gasteiger partial charge in [-0.1, -0.05) is 133 Å². The highest BCUT2D eigenvalue weighted by molar-refractivity contribution is 6.10. The lowest BCUT2D eigenvalue weighted by Gasteiger charge is -2.41. The molecule has 9 rings (SSSR count). The van der Waals surface area contributed by atoms with Crippen LogP contribution in [0.3, 0.4) is 0 Å². The number of furan rings is 1. The van der Waals surface area contributed by atoms with E-state index in [1.165, 1.54) is 38.9 Å². The maximum Gasteiger partial charge on any atom is 0.143 e. The van der Waals surface area contributed by atoms with Crippen molar-refractivity contribution in [1.29, 1.82) is 0 Å². The smallest absolute Gasteiger partial charge is 0.143 e. The third-order valence-electron chi connectivity index (χ3n) is 9.80. The summed E-state index contributed by atoms with van der Waals surface area (Å²) in [5.41, 5.74) is 11.6. The van der Waals surface area contributed by atoms with E-state index in [2.05, 4.69) is 175 Å². The molecule has 0 saturated heterocycles. The third-order valence-corrected chi connectivity index (χ3v) is 9.80. The van der Waals surface area contributed by atoms with Gasteiger partial charge in [0, 0.05) is 39.3 Å². The van der Waals surface area contributed by atoms with Crippen molar-refractivity contribution in [2.75, 3.05) is 4.90 Å². The highest BCUT2D eigenvalue weighted by Crippen LogP contribution is 2.62. The molecule has 2 aliphatic rings. The predicted octanol–water partition coefficient (Wildman–Crippen LogP) is 11.1. The summed E-state index contributed by atoms with van der Waals surface area (Å²) in [5, 5.41) is 2.33. The van der Waals surface area contributed by atoms with E-state index in [0.29, 0.717) is 0 Å². The van der Waals surface area contributed by atoms with E-state index < -0.39 is 5.41 Å². The first-order chi connectivity index (χ1) is 22.3. The number of benzene rings is 6. The summed E-state index contributed by atoms with van der Waals surface area (Å²) in [4.78, 5) is 2.42. The lowest BCUT2D eigenvalue weighted by atomic mass is 9.62. The molecule has 0 unspecified atom stereocenters. The fourth-order valence-electron chi connectivity index (χ4n) is 8.01. The maximum absolute atomic E-state index is 6.75. The second kappa shape index (κ2) is 10.2. The van der Waals surface area contributed by atoms with Crippen LogP contribution in [0.5, 0.6) is 0 Å². The second-order valence-electron chi connectivity index (χ2n) is 12.0. The Balaban J connectivity index is 1.36. The van der Waals surface area contributed by atoms with Gasteiger partial charge in [-0.05, 0) is 65.1 Å². The summed E-state index contributed by atoms with van der Waals surface area (Å²) in [6.45, 7) is 0. The molecular weight excluding hydrogens is 546 g/mol. The zero-order chi connectivity index (χ0) is 29.8. The summed E-state index contributed by atoms with van der Waals surface area (Å²) >= 11 is 0. The van der Waals surface area contributed by atoms with Crippen LogP contribution in [-0.4, -0.2) is 0 Å². The number of fused-ring (bicyclic) bond motifs is 7. The minimum absolute atomic E-state index is 0.144. The lowest BCUT2D eigenvalue weighted by molar-refractivity contribution is 0.473. The normalized spacial score (nSPS) is 16.6. The predicted molar refractivity (Wildman–Crippen MR) is 186 cm³/mol. The average molecular weight is 578 g/mol. The van der Waals surface area contributed by atoms with Gasteiger partial charge in [-0.15, -0.1) is 0 Å². The van der Waals surface area contributed by atoms with E-state index in [0.717, 1.165) is 34.3 Å². The zero-order valence-electron chi connectivity index (χ0n) is 24.8. The largest absolute Gasteiger partial charge is 0.455 e. The quantitative estimate of drug-likeness (QED) is 0.202. The number of rotatable bonds is 5. The molecule has 0 N–H and O–H groups in total. The van der Waals surface area contributed by atoms with Crippen LogP contribution in [-0.2, 0) is 5.41 Å². The number of allylic oxidation sites excluding steroid dienone is 4. The van der Waals surface area contributed by atoms with Gasteiger partial charge in [0.15, 0.2) is 0 Å². The summed E-state index contributed by atoms with van der Waals surface area (Å²) in [6.07, 6.45) is 5.57. The Morgan fingerprint density at radius 1 is 0.533 bits per heavy atom. The van der Waals surface area contributed by atoms with Gasteiger partial charge in [0.25, 0.3) is 0 Å². The standard InChI is InChI=1S/C43H31NO/c1-5-15-30(16-6-1)43(31-17-7-2-8-18-31)38-28-27-36-35-23-13-14-24-40(35)45-42(36)41(38)37-26-25-34(29-39(37)43)44(32-19-9-3-10-20-32)33-21-11-4-12-22-33/h1-28,39H,29H2/t39-/m1/s1. The van der Waals surface area contributed by atoms with Crippen LogP contribution in [0, 0.1) is 5.92 Å². The van der Waals surface area contributed by atoms with Gasteiger partial charge in [0.05, 0.1) is 5.41 Å². The molecule has 0 bridgehead atoms. The number of hydrogen-bond acceptors (Lipinski definition) is 2. The van der Waals surface area contributed by atoms with Gasteiger partial charge in [-0.25, -0.2) is 0 Å². The van der Waals surface area contributed by atoms with Crippen LogP contribution in [0.25, 0.3) is 27.5 Å². The van der Waals surface area contributed by atoms with Gasteiger partial charge < -0.3 is 9.32 Å². The minimum atomic E-state index is -0.407. The molecule has 45 heavy (non-hydrogen) atoms. The van der Waals surface area contributed by atoms with Gasteiger partial charge in [0.2, 0.25) is 0 Å². The van der Waals surface area contributed by atoms with Crippen LogP contribution in [0.15, 0.2) is 180 Å². The molecule has 7 aromatic rings. The van der Waals surface area contributed by atoms with Gasteiger partial charge in [-0.3, -0.25) is 0 Å². The van der Waals surface area contributed by atoms with Gasteiger partial charge in [0.1, 0.15) is 11.2 Å². The molecule has 6 aromatic carbocycles. The minimum Gasteiger partial charge on any atom is -0.455 e. The maximum atomic E-state index is 6.75. The number of anilines is 2. The van der Waals surface area contributed by atoms with Crippen LogP contribution < -0.4 is 4.90 Å². The summed E-state index contributed by atoms with van der Waals surface area (Å²) in [5.74, 6) is 0.144. The molecule has 2 aliphatic carbocycles. The monoisotopic (exact) mass is 577 g/mol. The Morgan fingerprint density at radius 3 is 1.71 bits per heavy atom. The van der Waals surface area contributed by atoms with E-state index in [4.69, 9.17) is 4.42 Å². The number of nitrogens with zero attached hydrogens (tertiary/aromatic N) is 1. The van der Waals surface area contributed by atoms with Gasteiger partial charge >= 0.3 is 0 Å². The van der Waals surface area contributed by atoms with Crippen molar-refractivity contribution in [3.05, 3.63) is 198 Å². The first-order valence-corrected chi connectivity index (χ1v) is 15.7. The molecule has 0 saturated carbocycles. The topological polar surface area (TPSA) is 16.4 Å². The Bertz CT molecular complexity index is 2150. The van der Waals surface area contributed by atoms with Gasteiger partial charge in [-0.2, -0.15) is 0 Å². The molecule has 2 heteroatoms. The van der Waals surface area contributed by atoms with Crippen molar-refractivity contribution < 1.29 is 4.42 Å². The average Bonchev–Trinajstić information content (AvgIpc) is 3.64. The van der Waals surface area contributed by atoms with E-state index in [1.807, 2.05) is 0 Å². The van der Waals surface area contributed by atoms with Crippen molar-refractivity contribution in [1.82, 2.24) is 0 Å². The number of para-hydroxylation sites is 3. The molecular formula is C43H31NO. The SMILES string of the molecule is C1=C2c3c(ccc4c3oc3ccccc34)C(c3ccccc3)(c3ccccc3)[C@@H]2CC(N(c2ccccc2)c2ccccc2)=C1. The first kappa shape index (κ1) is 25.9. The van der Waals surface area contributed by atoms with E-state index in [-0.39, 0.29) is 5.92 Å². The zero-order valence-corrected chi connectivity index (χ0v) is 24.8. The fraction of sp³-hybridized carbons (Fsp3) is 0.0698. The molecule has 1 atom stereocenters. The highest BCUT2D eigenvalue weighted by atomic mass is 16.3. The Morgan fingerprint density at radius 2 is 1.09 bits per heavy atom. The van der Waals surface area contributed by atoms with Crippen molar-refractivity contribution in [3.63, 3.8) is 0 Å². The molecule has 0 radical (unpaired) electrons. The highest BCUT2D eigenvalue weighted by Gasteiger charge is 2.54. The third kappa shape index (κ3) is 3.82. The number of hydrogen-bond donors (Lipinski definition) is 0. The van der Waals surface area contributed by atoms with Crippen LogP contribution in [0.1, 0.15) is 28.7 Å². The fourth-order valence-corrected chi connectivity index (χ4v) is 8.01. The molecule has 0 spiro atoms. The van der Waals surface area contributed by atoms with Crippen molar-refractivity contribution >= 4 is 38.9 Å². The molecule has 0 aliphatic heterocycles. The molecule has 1 heterocycles. The first-order valence-electron chi connectivity index (χ1n) is 15.7. The van der Waals surface area contributed by atoms with Crippen molar-refractivity contribution in [2.24, 2.45) is 5.92 Å². The molecule has 2 nitrogen and oxygen atoms in total. The Hall–Kier alpha value is -5.60. The molecule has 0 fully saturated rings. The van der Waals surface area contributed by atoms with E-state index in [9.17, 15) is 0 Å². The summed E-state index contributed by atoms with van der Waals surface area (Å²) in [7, 11) is 0. The summed E-state index contributed by atoms with van der Waals surface area (Å²) < 4.78 is 6.75. The lowest BCUT2D eigenvalue weighted by Crippen LogP contribution is -2.36. The second-order valence-corrected chi connectivity index (χ2v) is 12.0. The van der Waals surface area contributed by atoms with E-state index in [1.54, 1.807) is 0 Å². The Labute approximate surface area is 263 Å². The van der Waals surface area contributed by atoms with Crippen LogP contribution in [0.4, 0.5) is 11.4 Å². The molecule has 0 amide bonds.